The van der Waals surface area contributed by atoms with Gasteiger partial charge in [0, 0.05) is 18.3 Å². The molecule has 2 N–H and O–H groups in total. The number of halogens is 3. The summed E-state index contributed by atoms with van der Waals surface area (Å²) in [5, 5.41) is 0.276. The number of nitrogens with zero attached hydrogens (tertiary/aromatic N) is 2. The standard InChI is InChI=1S/C21H15BrF2N4O3/c1-28(21(30)15-6-14-13(25-15)2-3-18(22)26-14)17-8-31-7-16-19(17)9-4-11(23)12(24)5-10(9)20(29)27-16/h2-6,17,25H,7-8H2,1H3,(H,27,29)/t17-/m0/s1. The Bertz CT molecular complexity index is 1430. The van der Waals surface area contributed by atoms with Crippen molar-refractivity contribution in [1.29, 1.82) is 0 Å². The molecule has 5 rings (SSSR count). The number of carbonyl (C=O) groups excluding carboxylic acids is 1. The fraction of sp³-hybridized carbons (Fsp3) is 0.190. The van der Waals surface area contributed by atoms with Crippen LogP contribution in [-0.4, -0.2) is 39.4 Å². The summed E-state index contributed by atoms with van der Waals surface area (Å²) < 4.78 is 34.0. The zero-order valence-corrected chi connectivity index (χ0v) is 17.7. The normalized spacial score (nSPS) is 15.9. The molecule has 1 atom stereocenters. The maximum Gasteiger partial charge on any atom is 0.270 e. The molecule has 0 aliphatic carbocycles. The van der Waals surface area contributed by atoms with Crippen molar-refractivity contribution in [3.8, 4) is 0 Å². The fourth-order valence-corrected chi connectivity index (χ4v) is 4.30. The minimum atomic E-state index is -1.11. The number of pyridine rings is 2. The Hall–Kier alpha value is -3.11. The number of nitrogens with one attached hydrogen (secondary N) is 2. The lowest BCUT2D eigenvalue weighted by molar-refractivity contribution is 0.0333. The van der Waals surface area contributed by atoms with Crippen molar-refractivity contribution in [3.05, 3.63) is 73.9 Å². The Kier molecular flexibility index (Phi) is 4.63. The number of likely N-dealkylation sites (N-methyl/N-ethyl adjacent to an activating group) is 1. The van der Waals surface area contributed by atoms with Crippen molar-refractivity contribution in [2.24, 2.45) is 0 Å². The van der Waals surface area contributed by atoms with Crippen molar-refractivity contribution in [2.45, 2.75) is 12.6 Å². The number of fused-ring (bicyclic) bond motifs is 4. The van der Waals surface area contributed by atoms with Gasteiger partial charge in [-0.3, -0.25) is 9.59 Å². The molecule has 3 aromatic heterocycles. The molecule has 0 saturated carbocycles. The Morgan fingerprint density at radius 2 is 1.94 bits per heavy atom. The van der Waals surface area contributed by atoms with Gasteiger partial charge in [0.05, 0.1) is 35.7 Å². The van der Waals surface area contributed by atoms with Gasteiger partial charge in [-0.1, -0.05) is 0 Å². The van der Waals surface area contributed by atoms with Crippen LogP contribution in [0.3, 0.4) is 0 Å². The number of aromatic amines is 2. The van der Waals surface area contributed by atoms with Crippen LogP contribution in [-0.2, 0) is 11.3 Å². The largest absolute Gasteiger partial charge is 0.373 e. The number of carbonyl (C=O) groups is 1. The molecule has 4 aromatic rings. The Morgan fingerprint density at radius 3 is 2.71 bits per heavy atom. The van der Waals surface area contributed by atoms with Crippen molar-refractivity contribution in [2.75, 3.05) is 13.7 Å². The minimum absolute atomic E-state index is 0.0186. The second kappa shape index (κ2) is 7.24. The number of benzene rings is 1. The highest BCUT2D eigenvalue weighted by Crippen LogP contribution is 2.34. The predicted octanol–water partition coefficient (Wildman–Crippen LogP) is 3.79. The van der Waals surface area contributed by atoms with E-state index in [1.165, 1.54) is 4.90 Å². The summed E-state index contributed by atoms with van der Waals surface area (Å²) in [7, 11) is 1.59. The predicted molar refractivity (Wildman–Crippen MR) is 113 cm³/mol. The van der Waals surface area contributed by atoms with E-state index >= 15 is 0 Å². The summed E-state index contributed by atoms with van der Waals surface area (Å²) in [4.78, 5) is 37.1. The third-order valence-corrected chi connectivity index (χ3v) is 5.94. The number of ether oxygens (including phenoxy) is 1. The van der Waals surface area contributed by atoms with Gasteiger partial charge in [-0.05, 0) is 51.6 Å². The maximum atomic E-state index is 14.0. The van der Waals surface area contributed by atoms with Crippen molar-refractivity contribution < 1.29 is 18.3 Å². The van der Waals surface area contributed by atoms with Gasteiger partial charge in [-0.25, -0.2) is 13.8 Å². The Labute approximate surface area is 182 Å². The lowest BCUT2D eigenvalue weighted by Crippen LogP contribution is -2.37. The van der Waals surface area contributed by atoms with Crippen LogP contribution in [0.1, 0.15) is 27.8 Å². The summed E-state index contributed by atoms with van der Waals surface area (Å²) in [5.74, 6) is -2.51. The summed E-state index contributed by atoms with van der Waals surface area (Å²) in [6.45, 7) is 0.238. The summed E-state index contributed by atoms with van der Waals surface area (Å²) in [6.07, 6.45) is 0. The van der Waals surface area contributed by atoms with Crippen LogP contribution < -0.4 is 5.56 Å². The molecule has 10 heteroatoms. The first-order chi connectivity index (χ1) is 14.8. The number of rotatable bonds is 2. The molecule has 0 spiro atoms. The topological polar surface area (TPSA) is 91.1 Å². The van der Waals surface area contributed by atoms with Gasteiger partial charge in [-0.15, -0.1) is 0 Å². The number of hydrogen-bond donors (Lipinski definition) is 2. The molecular weight excluding hydrogens is 474 g/mol. The van der Waals surface area contributed by atoms with E-state index in [-0.39, 0.29) is 29.9 Å². The Balaban J connectivity index is 1.61. The molecule has 0 fully saturated rings. The van der Waals surface area contributed by atoms with E-state index in [1.54, 1.807) is 25.2 Å². The third-order valence-electron chi connectivity index (χ3n) is 5.50. The van der Waals surface area contributed by atoms with Crippen LogP contribution in [0.4, 0.5) is 8.78 Å². The van der Waals surface area contributed by atoms with E-state index in [1.807, 2.05) is 0 Å². The van der Waals surface area contributed by atoms with Gasteiger partial charge >= 0.3 is 0 Å². The molecule has 1 aliphatic rings. The second-order valence-corrected chi connectivity index (χ2v) is 8.17. The van der Waals surface area contributed by atoms with Gasteiger partial charge in [0.1, 0.15) is 10.3 Å². The molecule has 158 valence electrons. The Morgan fingerprint density at radius 1 is 1.19 bits per heavy atom. The lowest BCUT2D eigenvalue weighted by Gasteiger charge is -2.33. The molecule has 31 heavy (non-hydrogen) atoms. The minimum Gasteiger partial charge on any atom is -0.373 e. The molecule has 1 aliphatic heterocycles. The van der Waals surface area contributed by atoms with Crippen LogP contribution in [0, 0.1) is 11.6 Å². The fourth-order valence-electron chi connectivity index (χ4n) is 3.98. The molecule has 0 radical (unpaired) electrons. The van der Waals surface area contributed by atoms with Crippen LogP contribution in [0.5, 0.6) is 0 Å². The number of aromatic nitrogens is 3. The molecule has 7 nitrogen and oxygen atoms in total. The molecule has 0 bridgehead atoms. The molecule has 1 amide bonds. The van der Waals surface area contributed by atoms with E-state index < -0.39 is 23.2 Å². The monoisotopic (exact) mass is 488 g/mol. The SMILES string of the molecule is CN(C(=O)c1cc2nc(Br)ccc2[nH]1)[C@H]1COCc2[nH]c(=O)c3cc(F)c(F)cc3c21. The molecule has 0 unspecified atom stereocenters. The molecule has 4 heterocycles. The summed E-state index contributed by atoms with van der Waals surface area (Å²) in [6, 6.07) is 6.46. The average molecular weight is 489 g/mol. The summed E-state index contributed by atoms with van der Waals surface area (Å²) >= 11 is 3.30. The van der Waals surface area contributed by atoms with E-state index in [0.717, 1.165) is 12.1 Å². The van der Waals surface area contributed by atoms with Gasteiger partial charge in [0.25, 0.3) is 11.5 Å². The first kappa shape index (κ1) is 19.8. The number of hydrogen-bond acceptors (Lipinski definition) is 4. The zero-order valence-electron chi connectivity index (χ0n) is 16.1. The number of H-pyrrole nitrogens is 2. The smallest absolute Gasteiger partial charge is 0.270 e. The second-order valence-electron chi connectivity index (χ2n) is 7.36. The van der Waals surface area contributed by atoms with Crippen molar-refractivity contribution in [1.82, 2.24) is 19.9 Å². The van der Waals surface area contributed by atoms with Gasteiger partial charge in [0.15, 0.2) is 11.6 Å². The first-order valence-electron chi connectivity index (χ1n) is 9.37. The van der Waals surface area contributed by atoms with E-state index in [9.17, 15) is 18.4 Å². The third kappa shape index (κ3) is 3.22. The number of amides is 1. The van der Waals surface area contributed by atoms with Gasteiger partial charge in [-0.2, -0.15) is 0 Å². The zero-order chi connectivity index (χ0) is 21.9. The quantitative estimate of drug-likeness (QED) is 0.420. The summed E-state index contributed by atoms with van der Waals surface area (Å²) in [5.41, 5.74) is 2.07. The van der Waals surface area contributed by atoms with E-state index in [2.05, 4.69) is 30.9 Å². The van der Waals surface area contributed by atoms with E-state index in [0.29, 0.717) is 32.6 Å². The van der Waals surface area contributed by atoms with Crippen LogP contribution in [0.15, 0.2) is 39.7 Å². The first-order valence-corrected chi connectivity index (χ1v) is 10.2. The molecular formula is C21H15BrF2N4O3. The van der Waals surface area contributed by atoms with E-state index in [4.69, 9.17) is 4.74 Å². The highest BCUT2D eigenvalue weighted by Gasteiger charge is 2.32. The van der Waals surface area contributed by atoms with Gasteiger partial charge in [0.2, 0.25) is 0 Å². The van der Waals surface area contributed by atoms with Crippen molar-refractivity contribution >= 4 is 43.6 Å². The van der Waals surface area contributed by atoms with Crippen LogP contribution in [0.2, 0.25) is 0 Å². The van der Waals surface area contributed by atoms with Gasteiger partial charge < -0.3 is 19.6 Å². The van der Waals surface area contributed by atoms with Crippen molar-refractivity contribution in [3.63, 3.8) is 0 Å². The highest BCUT2D eigenvalue weighted by molar-refractivity contribution is 9.10. The molecule has 1 aromatic carbocycles. The molecule has 0 saturated heterocycles. The lowest BCUT2D eigenvalue weighted by atomic mass is 9.95. The van der Waals surface area contributed by atoms with Crippen LogP contribution in [0.25, 0.3) is 21.8 Å². The van der Waals surface area contributed by atoms with Crippen LogP contribution >= 0.6 is 15.9 Å². The highest BCUT2D eigenvalue weighted by atomic mass is 79.9. The maximum absolute atomic E-state index is 14.0. The average Bonchev–Trinajstić information content (AvgIpc) is 3.17.